The van der Waals surface area contributed by atoms with E-state index in [0.29, 0.717) is 0 Å². The van der Waals surface area contributed by atoms with Gasteiger partial charge in [-0.25, -0.2) is 4.79 Å². The highest BCUT2D eigenvalue weighted by atomic mass is 16.5. The summed E-state index contributed by atoms with van der Waals surface area (Å²) in [5.41, 5.74) is 0.00310. The summed E-state index contributed by atoms with van der Waals surface area (Å²) in [5, 5.41) is 3.24. The van der Waals surface area contributed by atoms with Crippen molar-refractivity contribution in [2.45, 2.75) is 0 Å². The molecule has 0 aliphatic carbocycles. The van der Waals surface area contributed by atoms with Gasteiger partial charge in [0, 0.05) is 6.07 Å². The molecule has 1 amide bonds. The highest BCUT2D eigenvalue weighted by molar-refractivity contribution is 5.95. The van der Waals surface area contributed by atoms with E-state index in [-0.39, 0.29) is 5.69 Å². The normalized spacial score (nSPS) is 8.40. The lowest BCUT2D eigenvalue weighted by atomic mass is 10.4. The van der Waals surface area contributed by atoms with Crippen molar-refractivity contribution in [2.75, 3.05) is 0 Å². The molecule has 0 spiro atoms. The van der Waals surface area contributed by atoms with E-state index in [1.807, 2.05) is 0 Å². The molecule has 10 heavy (non-hydrogen) atoms. The summed E-state index contributed by atoms with van der Waals surface area (Å²) < 4.78 is 4.32. The van der Waals surface area contributed by atoms with Crippen molar-refractivity contribution in [3.05, 3.63) is 18.0 Å². The van der Waals surface area contributed by atoms with Crippen molar-refractivity contribution < 1.29 is 14.1 Å². The van der Waals surface area contributed by atoms with Gasteiger partial charge in [-0.1, -0.05) is 5.16 Å². The lowest BCUT2D eigenvalue weighted by Crippen LogP contribution is -1.92. The molecule has 1 aromatic heterocycles. The van der Waals surface area contributed by atoms with E-state index in [1.165, 1.54) is 12.3 Å². The molecule has 0 aliphatic rings. The van der Waals surface area contributed by atoms with Crippen LogP contribution in [0.25, 0.3) is 0 Å². The molecule has 1 rings (SSSR count). The van der Waals surface area contributed by atoms with Crippen LogP contribution in [-0.2, 0) is 4.79 Å². The molecule has 0 N–H and O–H groups in total. The number of aliphatic imine (C=N–C) groups is 1. The SMILES string of the molecule is O=C=NC(=O)c1ccon1. The van der Waals surface area contributed by atoms with Crippen LogP contribution in [0.5, 0.6) is 0 Å². The average molecular weight is 138 g/mol. The first-order valence-corrected chi connectivity index (χ1v) is 2.37. The third-order valence-electron chi connectivity index (χ3n) is 0.804. The van der Waals surface area contributed by atoms with Crippen molar-refractivity contribution in [1.29, 1.82) is 0 Å². The number of carbonyl (C=O) groups excluding carboxylic acids is 2. The maximum Gasteiger partial charge on any atom is 0.309 e. The summed E-state index contributed by atoms with van der Waals surface area (Å²) in [4.78, 5) is 22.9. The summed E-state index contributed by atoms with van der Waals surface area (Å²) in [6.45, 7) is 0. The minimum Gasteiger partial charge on any atom is -0.364 e. The molecule has 0 aliphatic heterocycles. The zero-order valence-corrected chi connectivity index (χ0v) is 4.77. The second-order valence-corrected chi connectivity index (χ2v) is 1.39. The number of aromatic nitrogens is 1. The lowest BCUT2D eigenvalue weighted by molar-refractivity contribution is 0.0994. The Morgan fingerprint density at radius 1 is 1.80 bits per heavy atom. The first kappa shape index (κ1) is 6.38. The van der Waals surface area contributed by atoms with E-state index >= 15 is 0 Å². The molecule has 0 fully saturated rings. The van der Waals surface area contributed by atoms with Gasteiger partial charge in [-0.3, -0.25) is 4.79 Å². The molecule has 5 heteroatoms. The van der Waals surface area contributed by atoms with Crippen molar-refractivity contribution in [1.82, 2.24) is 5.16 Å². The van der Waals surface area contributed by atoms with Crippen LogP contribution in [0.1, 0.15) is 10.5 Å². The first-order valence-electron chi connectivity index (χ1n) is 2.37. The van der Waals surface area contributed by atoms with Crippen LogP contribution in [0, 0.1) is 0 Å². The quantitative estimate of drug-likeness (QED) is 0.409. The highest BCUT2D eigenvalue weighted by Crippen LogP contribution is 1.95. The number of nitrogens with zero attached hydrogens (tertiary/aromatic N) is 2. The van der Waals surface area contributed by atoms with Gasteiger partial charge in [0.2, 0.25) is 6.08 Å². The Morgan fingerprint density at radius 3 is 3.10 bits per heavy atom. The third kappa shape index (κ3) is 1.15. The fraction of sp³-hybridized carbons (Fsp3) is 0. The van der Waals surface area contributed by atoms with E-state index < -0.39 is 5.91 Å². The van der Waals surface area contributed by atoms with E-state index in [4.69, 9.17) is 0 Å². The second-order valence-electron chi connectivity index (χ2n) is 1.39. The Bertz CT molecular complexity index is 271. The third-order valence-corrected chi connectivity index (χ3v) is 0.804. The molecule has 0 radical (unpaired) electrons. The van der Waals surface area contributed by atoms with E-state index in [9.17, 15) is 9.59 Å². The number of isocyanates is 1. The lowest BCUT2D eigenvalue weighted by Gasteiger charge is -1.76. The molecule has 50 valence electrons. The van der Waals surface area contributed by atoms with Gasteiger partial charge in [0.05, 0.1) is 0 Å². The molecule has 0 bridgehead atoms. The Kier molecular flexibility index (Phi) is 1.72. The van der Waals surface area contributed by atoms with Crippen LogP contribution in [0.2, 0.25) is 0 Å². The molecule has 5 nitrogen and oxygen atoms in total. The molecule has 1 aromatic rings. The summed E-state index contributed by atoms with van der Waals surface area (Å²) in [6.07, 6.45) is 2.32. The number of amides is 1. The highest BCUT2D eigenvalue weighted by Gasteiger charge is 2.05. The fourth-order valence-electron chi connectivity index (χ4n) is 0.422. The molecule has 0 saturated carbocycles. The van der Waals surface area contributed by atoms with Gasteiger partial charge in [-0.2, -0.15) is 0 Å². The van der Waals surface area contributed by atoms with E-state index in [0.717, 1.165) is 6.08 Å². The minimum atomic E-state index is -0.747. The van der Waals surface area contributed by atoms with Gasteiger partial charge in [-0.15, -0.1) is 4.99 Å². The topological polar surface area (TPSA) is 72.5 Å². The van der Waals surface area contributed by atoms with Crippen LogP contribution >= 0.6 is 0 Å². The van der Waals surface area contributed by atoms with Crippen molar-refractivity contribution in [3.63, 3.8) is 0 Å². The molecule has 0 unspecified atom stereocenters. The van der Waals surface area contributed by atoms with Gasteiger partial charge in [0.15, 0.2) is 5.69 Å². The van der Waals surface area contributed by atoms with Crippen LogP contribution in [0.3, 0.4) is 0 Å². The monoisotopic (exact) mass is 138 g/mol. The van der Waals surface area contributed by atoms with E-state index in [1.54, 1.807) is 0 Å². The largest absolute Gasteiger partial charge is 0.364 e. The molecular weight excluding hydrogens is 136 g/mol. The molecule has 0 saturated heterocycles. The Labute approximate surface area is 55.3 Å². The number of hydrogen-bond donors (Lipinski definition) is 0. The number of hydrogen-bond acceptors (Lipinski definition) is 4. The van der Waals surface area contributed by atoms with Crippen molar-refractivity contribution in [2.24, 2.45) is 4.99 Å². The van der Waals surface area contributed by atoms with Gasteiger partial charge >= 0.3 is 5.91 Å². The maximum absolute atomic E-state index is 10.6. The zero-order valence-electron chi connectivity index (χ0n) is 4.77. The van der Waals surface area contributed by atoms with Crippen LogP contribution < -0.4 is 0 Å². The van der Waals surface area contributed by atoms with Crippen molar-refractivity contribution in [3.8, 4) is 0 Å². The van der Waals surface area contributed by atoms with E-state index in [2.05, 4.69) is 14.7 Å². The summed E-state index contributed by atoms with van der Waals surface area (Å²) in [6, 6.07) is 1.31. The first-order chi connectivity index (χ1) is 4.84. The smallest absolute Gasteiger partial charge is 0.309 e. The Morgan fingerprint density at radius 2 is 2.60 bits per heavy atom. The van der Waals surface area contributed by atoms with Gasteiger partial charge in [0.1, 0.15) is 6.26 Å². The maximum atomic E-state index is 10.6. The minimum absolute atomic E-state index is 0.00310. The number of carbonyl (C=O) groups is 1. The average Bonchev–Trinajstić information content (AvgIpc) is 2.38. The van der Waals surface area contributed by atoms with Gasteiger partial charge < -0.3 is 4.52 Å². The molecule has 0 atom stereocenters. The zero-order chi connectivity index (χ0) is 7.40. The van der Waals surface area contributed by atoms with Crippen molar-refractivity contribution >= 4 is 12.0 Å². The summed E-state index contributed by atoms with van der Waals surface area (Å²) >= 11 is 0. The molecular formula is C5H2N2O3. The van der Waals surface area contributed by atoms with Crippen LogP contribution in [-0.4, -0.2) is 17.1 Å². The van der Waals surface area contributed by atoms with Gasteiger partial charge in [-0.05, 0) is 0 Å². The van der Waals surface area contributed by atoms with Crippen LogP contribution in [0.4, 0.5) is 0 Å². The second kappa shape index (κ2) is 2.70. The standard InChI is InChI=1S/C5H2N2O3/c8-3-6-5(9)4-1-2-10-7-4/h1-2H. The molecule has 1 heterocycles. The summed E-state index contributed by atoms with van der Waals surface area (Å²) in [5.74, 6) is -0.747. The number of rotatable bonds is 1. The molecule has 0 aromatic carbocycles. The van der Waals surface area contributed by atoms with Gasteiger partial charge in [0.25, 0.3) is 0 Å². The van der Waals surface area contributed by atoms with Crippen LogP contribution in [0.15, 0.2) is 21.8 Å². The Balaban J connectivity index is 2.87. The fourth-order valence-corrected chi connectivity index (χ4v) is 0.422. The predicted octanol–water partition coefficient (Wildman–Crippen LogP) is 0.151. The summed E-state index contributed by atoms with van der Waals surface area (Å²) in [7, 11) is 0. The predicted molar refractivity (Wildman–Crippen MR) is 29.0 cm³/mol. The Hall–Kier alpha value is -1.74.